The number of thiazole rings is 1. The minimum absolute atomic E-state index is 0.245. The monoisotopic (exact) mass is 291 g/mol. The van der Waals surface area contributed by atoms with Gasteiger partial charge in [0, 0.05) is 17.2 Å². The zero-order chi connectivity index (χ0) is 13.6. The van der Waals surface area contributed by atoms with Crippen LogP contribution in [0.15, 0.2) is 5.38 Å². The fraction of sp³-hybridized carbons (Fsp3) is 0.733. The van der Waals surface area contributed by atoms with Crippen molar-refractivity contribution in [3.63, 3.8) is 0 Å². The average Bonchev–Trinajstić information content (AvgIpc) is 3.38. The smallest absolute Gasteiger partial charge is 0.224 e. The number of piperidine rings is 1. The summed E-state index contributed by atoms with van der Waals surface area (Å²) >= 11 is 1.68. The predicted octanol–water partition coefficient (Wildman–Crippen LogP) is 2.03. The van der Waals surface area contributed by atoms with Gasteiger partial charge in [-0.1, -0.05) is 0 Å². The van der Waals surface area contributed by atoms with Gasteiger partial charge in [0.1, 0.15) is 5.01 Å². The van der Waals surface area contributed by atoms with Crippen molar-refractivity contribution in [3.8, 4) is 0 Å². The number of carbonyl (C=O) groups is 1. The van der Waals surface area contributed by atoms with Crippen LogP contribution in [0.5, 0.6) is 0 Å². The van der Waals surface area contributed by atoms with Gasteiger partial charge in [0.15, 0.2) is 0 Å². The van der Waals surface area contributed by atoms with E-state index >= 15 is 0 Å². The van der Waals surface area contributed by atoms with E-state index in [1.54, 1.807) is 11.3 Å². The molecular formula is C15H21N3OS. The van der Waals surface area contributed by atoms with E-state index in [0.717, 1.165) is 37.4 Å². The summed E-state index contributed by atoms with van der Waals surface area (Å²) in [7, 11) is 0. The van der Waals surface area contributed by atoms with E-state index in [1.165, 1.54) is 18.5 Å². The maximum absolute atomic E-state index is 12.3. The minimum Gasteiger partial charge on any atom is -0.349 e. The van der Waals surface area contributed by atoms with E-state index in [1.807, 2.05) is 0 Å². The summed E-state index contributed by atoms with van der Waals surface area (Å²) in [5.74, 6) is 1.21. The van der Waals surface area contributed by atoms with Crippen LogP contribution in [0.4, 0.5) is 0 Å². The number of hydrogen-bond acceptors (Lipinski definition) is 4. The molecule has 1 aromatic heterocycles. The van der Waals surface area contributed by atoms with Crippen LogP contribution in [0.3, 0.4) is 0 Å². The predicted molar refractivity (Wildman–Crippen MR) is 78.6 cm³/mol. The largest absolute Gasteiger partial charge is 0.349 e. The molecule has 108 valence electrons. The highest BCUT2D eigenvalue weighted by molar-refractivity contribution is 7.09. The zero-order valence-corrected chi connectivity index (χ0v) is 12.5. The number of hydrogen-bond donors (Lipinski definition) is 2. The maximum Gasteiger partial charge on any atom is 0.224 e. The molecule has 3 fully saturated rings. The van der Waals surface area contributed by atoms with Gasteiger partial charge in [0.05, 0.1) is 12.2 Å². The summed E-state index contributed by atoms with van der Waals surface area (Å²) in [6.07, 6.45) is 5.98. The molecule has 4 nitrogen and oxygen atoms in total. The first-order valence-electron chi connectivity index (χ1n) is 7.70. The second kappa shape index (κ2) is 4.81. The van der Waals surface area contributed by atoms with Gasteiger partial charge in [-0.3, -0.25) is 4.79 Å². The van der Waals surface area contributed by atoms with E-state index in [0.29, 0.717) is 17.9 Å². The quantitative estimate of drug-likeness (QED) is 0.892. The number of carbonyl (C=O) groups excluding carboxylic acids is 1. The fourth-order valence-corrected chi connectivity index (χ4v) is 4.27. The van der Waals surface area contributed by atoms with Crippen molar-refractivity contribution < 1.29 is 4.79 Å². The van der Waals surface area contributed by atoms with E-state index in [4.69, 9.17) is 0 Å². The van der Waals surface area contributed by atoms with E-state index in [9.17, 15) is 4.79 Å². The van der Waals surface area contributed by atoms with Crippen LogP contribution in [0.25, 0.3) is 0 Å². The Morgan fingerprint density at radius 1 is 1.45 bits per heavy atom. The van der Waals surface area contributed by atoms with Gasteiger partial charge in [0.2, 0.25) is 5.91 Å². The van der Waals surface area contributed by atoms with Crippen LogP contribution in [-0.2, 0) is 11.3 Å². The summed E-state index contributed by atoms with van der Waals surface area (Å²) in [6, 6.07) is 0. The molecule has 0 radical (unpaired) electrons. The lowest BCUT2D eigenvalue weighted by Gasteiger charge is -2.23. The van der Waals surface area contributed by atoms with Gasteiger partial charge in [-0.2, -0.15) is 0 Å². The third-order valence-electron chi connectivity index (χ3n) is 5.08. The van der Waals surface area contributed by atoms with Crippen molar-refractivity contribution in [1.82, 2.24) is 15.6 Å². The highest BCUT2D eigenvalue weighted by Crippen LogP contribution is 2.58. The SMILES string of the molecule is O=C(NCc1nc(C2CC2)cs1)C1CC12CCNCC2. The third kappa shape index (κ3) is 2.37. The van der Waals surface area contributed by atoms with E-state index in [-0.39, 0.29) is 11.8 Å². The molecule has 3 aliphatic rings. The molecule has 1 atom stereocenters. The van der Waals surface area contributed by atoms with Gasteiger partial charge >= 0.3 is 0 Å². The molecule has 2 saturated carbocycles. The van der Waals surface area contributed by atoms with E-state index in [2.05, 4.69) is 21.0 Å². The average molecular weight is 291 g/mol. The molecule has 1 unspecified atom stereocenters. The first-order chi connectivity index (χ1) is 9.77. The Hall–Kier alpha value is -0.940. The number of aromatic nitrogens is 1. The van der Waals surface area contributed by atoms with Crippen molar-refractivity contribution in [1.29, 1.82) is 0 Å². The Balaban J connectivity index is 1.29. The van der Waals surface area contributed by atoms with Crippen molar-refractivity contribution >= 4 is 17.2 Å². The first kappa shape index (κ1) is 12.8. The van der Waals surface area contributed by atoms with Gasteiger partial charge in [-0.05, 0) is 50.6 Å². The Labute approximate surface area is 123 Å². The molecule has 20 heavy (non-hydrogen) atoms. The van der Waals surface area contributed by atoms with Crippen molar-refractivity contribution in [2.75, 3.05) is 13.1 Å². The molecule has 1 aromatic rings. The van der Waals surface area contributed by atoms with Crippen LogP contribution < -0.4 is 10.6 Å². The molecule has 2 N–H and O–H groups in total. The molecule has 2 aliphatic carbocycles. The fourth-order valence-electron chi connectivity index (χ4n) is 3.45. The van der Waals surface area contributed by atoms with Gasteiger partial charge < -0.3 is 10.6 Å². The molecule has 0 aromatic carbocycles. The molecule has 1 amide bonds. The Morgan fingerprint density at radius 3 is 3.00 bits per heavy atom. The lowest BCUT2D eigenvalue weighted by Crippen LogP contribution is -2.33. The van der Waals surface area contributed by atoms with Crippen LogP contribution in [0.2, 0.25) is 0 Å². The normalized spacial score (nSPS) is 27.5. The molecule has 0 bridgehead atoms. The van der Waals surface area contributed by atoms with E-state index < -0.39 is 0 Å². The second-order valence-electron chi connectivity index (χ2n) is 6.53. The standard InChI is InChI=1S/C15H21N3OS/c19-14(11-7-15(11)3-5-16-6-4-15)17-8-13-18-12(9-20-13)10-1-2-10/h9-11,16H,1-8H2,(H,17,19). The minimum atomic E-state index is 0.245. The van der Waals surface area contributed by atoms with Crippen molar-refractivity contribution in [2.24, 2.45) is 11.3 Å². The second-order valence-corrected chi connectivity index (χ2v) is 7.47. The van der Waals surface area contributed by atoms with Crippen molar-refractivity contribution in [3.05, 3.63) is 16.1 Å². The molecule has 2 heterocycles. The molecular weight excluding hydrogens is 270 g/mol. The van der Waals surface area contributed by atoms with Gasteiger partial charge in [-0.25, -0.2) is 4.98 Å². The Kier molecular flexibility index (Phi) is 3.07. The first-order valence-corrected chi connectivity index (χ1v) is 8.58. The van der Waals surface area contributed by atoms with Crippen LogP contribution in [-0.4, -0.2) is 24.0 Å². The molecule has 1 spiro atoms. The van der Waals surface area contributed by atoms with Crippen molar-refractivity contribution in [2.45, 2.75) is 44.6 Å². The van der Waals surface area contributed by atoms with Crippen LogP contribution in [0.1, 0.15) is 48.7 Å². The zero-order valence-electron chi connectivity index (χ0n) is 11.7. The summed E-state index contributed by atoms with van der Waals surface area (Å²) < 4.78 is 0. The lowest BCUT2D eigenvalue weighted by molar-refractivity contribution is -0.123. The number of rotatable bonds is 4. The van der Waals surface area contributed by atoms with Crippen LogP contribution >= 0.6 is 11.3 Å². The summed E-state index contributed by atoms with van der Waals surface area (Å²) in [4.78, 5) is 16.9. The Morgan fingerprint density at radius 2 is 2.25 bits per heavy atom. The molecule has 1 aliphatic heterocycles. The summed E-state index contributed by atoms with van der Waals surface area (Å²) in [5.41, 5.74) is 1.57. The summed E-state index contributed by atoms with van der Waals surface area (Å²) in [5, 5.41) is 9.68. The van der Waals surface area contributed by atoms with Gasteiger partial charge in [-0.15, -0.1) is 11.3 Å². The molecule has 1 saturated heterocycles. The highest BCUT2D eigenvalue weighted by atomic mass is 32.1. The summed E-state index contributed by atoms with van der Waals surface area (Å²) in [6.45, 7) is 2.75. The van der Waals surface area contributed by atoms with Crippen LogP contribution in [0, 0.1) is 11.3 Å². The molecule has 5 heteroatoms. The number of amides is 1. The maximum atomic E-state index is 12.3. The molecule has 4 rings (SSSR count). The lowest BCUT2D eigenvalue weighted by atomic mass is 9.92. The topological polar surface area (TPSA) is 54.0 Å². The van der Waals surface area contributed by atoms with Gasteiger partial charge in [0.25, 0.3) is 0 Å². The third-order valence-corrected chi connectivity index (χ3v) is 5.95. The number of nitrogens with one attached hydrogen (secondary N) is 2. The highest BCUT2D eigenvalue weighted by Gasteiger charge is 2.57. The Bertz CT molecular complexity index is 517. The number of nitrogens with zero attached hydrogens (tertiary/aromatic N) is 1.